The molecule has 5 heteroatoms. The van der Waals surface area contributed by atoms with Gasteiger partial charge in [0.1, 0.15) is 0 Å². The highest BCUT2D eigenvalue weighted by molar-refractivity contribution is 6.70. The molecule has 0 unspecified atom stereocenters. The van der Waals surface area contributed by atoms with Gasteiger partial charge in [0.2, 0.25) is 0 Å². The van der Waals surface area contributed by atoms with Crippen LogP contribution in [0.25, 0.3) is 0 Å². The topological polar surface area (TPSA) is 49.7 Å². The molecule has 1 aromatic rings. The first-order valence-corrected chi connectivity index (χ1v) is 5.09. The summed E-state index contributed by atoms with van der Waals surface area (Å²) < 4.78 is 0. The van der Waals surface area contributed by atoms with Gasteiger partial charge in [-0.05, 0) is 13.0 Å². The monoisotopic (exact) mass is 245 g/mol. The fraction of sp³-hybridized carbons (Fsp3) is 0.200. The lowest BCUT2D eigenvalue weighted by Gasteiger charge is -2.05. The second-order valence-electron chi connectivity index (χ2n) is 3.00. The van der Waals surface area contributed by atoms with Crippen LogP contribution in [0.5, 0.6) is 0 Å². The highest BCUT2D eigenvalue weighted by atomic mass is 35.5. The molecule has 3 nitrogen and oxygen atoms in total. The van der Waals surface area contributed by atoms with E-state index in [9.17, 15) is 4.79 Å². The molecule has 0 bridgehead atoms. The Morgan fingerprint density at radius 2 is 2.13 bits per heavy atom. The highest BCUT2D eigenvalue weighted by Crippen LogP contribution is 2.16. The summed E-state index contributed by atoms with van der Waals surface area (Å²) in [5, 5.41) is 11.3. The summed E-state index contributed by atoms with van der Waals surface area (Å²) in [5.41, 5.74) is 1.66. The van der Waals surface area contributed by atoms with E-state index in [1.165, 1.54) is 0 Å². The zero-order valence-electron chi connectivity index (χ0n) is 8.00. The number of carbonyl (C=O) groups is 1. The molecule has 1 aromatic carbocycles. The molecule has 0 atom stereocenters. The number of carbonyl (C=O) groups excluding carboxylic acids is 1. The molecule has 0 amide bonds. The van der Waals surface area contributed by atoms with Crippen LogP contribution in [0.3, 0.4) is 0 Å². The van der Waals surface area contributed by atoms with E-state index in [0.29, 0.717) is 11.1 Å². The van der Waals surface area contributed by atoms with E-state index >= 15 is 0 Å². The molecule has 0 aliphatic rings. The summed E-state index contributed by atoms with van der Waals surface area (Å²) in [6.45, 7) is 1.85. The van der Waals surface area contributed by atoms with Gasteiger partial charge in [0.25, 0.3) is 0 Å². The molecule has 0 radical (unpaired) electrons. The summed E-state index contributed by atoms with van der Waals surface area (Å²) in [4.78, 5) is 11.5. The van der Waals surface area contributed by atoms with E-state index in [1.807, 2.05) is 6.92 Å². The van der Waals surface area contributed by atoms with Crippen molar-refractivity contribution in [2.75, 3.05) is 5.88 Å². The first kappa shape index (κ1) is 12.0. The molecule has 0 fully saturated rings. The Bertz CT molecular complexity index is 416. The number of ketones is 1. The van der Waals surface area contributed by atoms with Gasteiger partial charge in [-0.2, -0.15) is 0 Å². The maximum absolute atomic E-state index is 11.5. The second kappa shape index (κ2) is 5.14. The molecular weight excluding hydrogens is 237 g/mol. The van der Waals surface area contributed by atoms with Gasteiger partial charge in [-0.15, -0.1) is 11.6 Å². The maximum Gasteiger partial charge on any atom is 0.178 e. The van der Waals surface area contributed by atoms with Crippen LogP contribution in [-0.4, -0.2) is 22.0 Å². The lowest BCUT2D eigenvalue weighted by molar-refractivity contribution is 0.102. The first-order chi connectivity index (χ1) is 7.10. The van der Waals surface area contributed by atoms with Crippen molar-refractivity contribution in [2.24, 2.45) is 5.16 Å². The molecule has 15 heavy (non-hydrogen) atoms. The number of hydrogen-bond donors (Lipinski definition) is 1. The third-order valence-electron chi connectivity index (χ3n) is 1.91. The fourth-order valence-electron chi connectivity index (χ4n) is 1.19. The number of rotatable bonds is 3. The van der Waals surface area contributed by atoms with Crippen molar-refractivity contribution in [3.05, 3.63) is 34.9 Å². The van der Waals surface area contributed by atoms with Crippen LogP contribution in [0.2, 0.25) is 0 Å². The van der Waals surface area contributed by atoms with Gasteiger partial charge in [0, 0.05) is 11.1 Å². The van der Waals surface area contributed by atoms with E-state index in [-0.39, 0.29) is 16.8 Å². The van der Waals surface area contributed by atoms with Crippen molar-refractivity contribution in [2.45, 2.75) is 6.92 Å². The number of alkyl halides is 1. The summed E-state index contributed by atoms with van der Waals surface area (Å²) in [5.74, 6) is -0.386. The number of nitrogens with zero attached hydrogens (tertiary/aromatic N) is 1. The Hall–Kier alpha value is -1.06. The Morgan fingerprint density at radius 1 is 1.47 bits per heavy atom. The van der Waals surface area contributed by atoms with Gasteiger partial charge in [-0.1, -0.05) is 34.5 Å². The van der Waals surface area contributed by atoms with Gasteiger partial charge in [-0.3, -0.25) is 4.79 Å². The van der Waals surface area contributed by atoms with Crippen molar-refractivity contribution in [1.82, 2.24) is 0 Å². The van der Waals surface area contributed by atoms with Crippen molar-refractivity contribution in [1.29, 1.82) is 0 Å². The van der Waals surface area contributed by atoms with Gasteiger partial charge < -0.3 is 5.21 Å². The number of halogens is 2. The SMILES string of the molecule is Cc1ccc(C(Cl)=NO)c(C(=O)CCl)c1. The van der Waals surface area contributed by atoms with Crippen LogP contribution < -0.4 is 0 Å². The third kappa shape index (κ3) is 2.70. The number of Topliss-reactive ketones (excluding diaryl/α,β-unsaturated/α-hetero) is 1. The standard InChI is InChI=1S/C10H9Cl2NO2/c1-6-2-3-7(10(12)13-15)8(4-6)9(14)5-11/h2-4,15H,5H2,1H3. The molecule has 0 spiro atoms. The average molecular weight is 246 g/mol. The zero-order chi connectivity index (χ0) is 11.4. The van der Waals surface area contributed by atoms with Gasteiger partial charge in [0.15, 0.2) is 11.0 Å². The van der Waals surface area contributed by atoms with Crippen LogP contribution in [0, 0.1) is 6.92 Å². The Morgan fingerprint density at radius 3 is 2.67 bits per heavy atom. The molecule has 1 rings (SSSR count). The smallest absolute Gasteiger partial charge is 0.178 e. The van der Waals surface area contributed by atoms with Crippen LogP contribution in [0.15, 0.2) is 23.4 Å². The first-order valence-electron chi connectivity index (χ1n) is 4.18. The summed E-state index contributed by atoms with van der Waals surface area (Å²) >= 11 is 11.1. The molecule has 0 aromatic heterocycles. The van der Waals surface area contributed by atoms with E-state index in [2.05, 4.69) is 5.16 Å². The van der Waals surface area contributed by atoms with E-state index in [1.54, 1.807) is 18.2 Å². The maximum atomic E-state index is 11.5. The molecule has 0 saturated heterocycles. The number of hydrogen-bond acceptors (Lipinski definition) is 3. The summed E-state index contributed by atoms with van der Waals surface area (Å²) in [6, 6.07) is 5.05. The molecular formula is C10H9Cl2NO2. The molecule has 0 heterocycles. The van der Waals surface area contributed by atoms with E-state index < -0.39 is 0 Å². The lowest BCUT2D eigenvalue weighted by Crippen LogP contribution is -2.08. The normalized spacial score (nSPS) is 11.5. The number of aryl methyl sites for hydroxylation is 1. The molecule has 0 saturated carbocycles. The largest absolute Gasteiger partial charge is 0.410 e. The van der Waals surface area contributed by atoms with Crippen molar-refractivity contribution < 1.29 is 10.0 Å². The van der Waals surface area contributed by atoms with Gasteiger partial charge >= 0.3 is 0 Å². The Balaban J connectivity index is 3.33. The molecule has 0 aliphatic carbocycles. The Kier molecular flexibility index (Phi) is 4.12. The summed E-state index contributed by atoms with van der Waals surface area (Å²) in [6.07, 6.45) is 0. The van der Waals surface area contributed by atoms with Gasteiger partial charge in [0.05, 0.1) is 5.88 Å². The van der Waals surface area contributed by atoms with Crippen LogP contribution in [0.1, 0.15) is 21.5 Å². The lowest BCUT2D eigenvalue weighted by atomic mass is 10.0. The van der Waals surface area contributed by atoms with Crippen LogP contribution >= 0.6 is 23.2 Å². The Labute approximate surface area is 97.3 Å². The summed E-state index contributed by atoms with van der Waals surface area (Å²) in [7, 11) is 0. The second-order valence-corrected chi connectivity index (χ2v) is 3.62. The quantitative estimate of drug-likeness (QED) is 0.293. The minimum Gasteiger partial charge on any atom is -0.410 e. The number of oxime groups is 1. The average Bonchev–Trinajstić information content (AvgIpc) is 2.26. The molecule has 80 valence electrons. The predicted molar refractivity (Wildman–Crippen MR) is 60.4 cm³/mol. The molecule has 0 aliphatic heterocycles. The number of benzene rings is 1. The van der Waals surface area contributed by atoms with Crippen LogP contribution in [0.4, 0.5) is 0 Å². The van der Waals surface area contributed by atoms with Gasteiger partial charge in [-0.25, -0.2) is 0 Å². The minimum atomic E-state index is -0.253. The fourth-order valence-corrected chi connectivity index (χ4v) is 1.50. The molecule has 1 N–H and O–H groups in total. The third-order valence-corrected chi connectivity index (χ3v) is 2.43. The van der Waals surface area contributed by atoms with E-state index in [4.69, 9.17) is 28.4 Å². The van der Waals surface area contributed by atoms with E-state index in [0.717, 1.165) is 5.56 Å². The van der Waals surface area contributed by atoms with Crippen molar-refractivity contribution >= 4 is 34.2 Å². The minimum absolute atomic E-state index is 0.122. The van der Waals surface area contributed by atoms with Crippen molar-refractivity contribution in [3.8, 4) is 0 Å². The van der Waals surface area contributed by atoms with Crippen LogP contribution in [-0.2, 0) is 0 Å². The van der Waals surface area contributed by atoms with Crippen molar-refractivity contribution in [3.63, 3.8) is 0 Å². The zero-order valence-corrected chi connectivity index (χ0v) is 9.51. The predicted octanol–water partition coefficient (Wildman–Crippen LogP) is 2.79. The highest BCUT2D eigenvalue weighted by Gasteiger charge is 2.14.